The van der Waals surface area contributed by atoms with Crippen LogP contribution >= 0.6 is 0 Å². The Morgan fingerprint density at radius 2 is 2.17 bits per heavy atom. The molecule has 1 atom stereocenters. The molecular weight excluding hydrogens is 230 g/mol. The number of nitrogens with zero attached hydrogens (tertiary/aromatic N) is 3. The summed E-state index contributed by atoms with van der Waals surface area (Å²) in [4.78, 5) is 15.9. The molecule has 2 aromatic rings. The first-order valence-corrected chi connectivity index (χ1v) is 5.41. The Hall–Kier alpha value is -2.61. The van der Waals surface area contributed by atoms with E-state index in [9.17, 15) is 4.79 Å². The van der Waals surface area contributed by atoms with E-state index in [0.717, 1.165) is 5.56 Å². The molecule has 1 aromatic carbocycles. The van der Waals surface area contributed by atoms with Gasteiger partial charge in [0.25, 0.3) is 0 Å². The number of aromatic nitrogens is 2. The fourth-order valence-corrected chi connectivity index (χ4v) is 1.49. The first-order valence-electron chi connectivity index (χ1n) is 5.41. The summed E-state index contributed by atoms with van der Waals surface area (Å²) >= 11 is 0. The highest BCUT2D eigenvalue weighted by Gasteiger charge is 2.15. The van der Waals surface area contributed by atoms with Gasteiger partial charge in [-0.15, -0.1) is 0 Å². The molecule has 0 radical (unpaired) electrons. The molecule has 0 spiro atoms. The highest BCUT2D eigenvalue weighted by Crippen LogP contribution is 2.17. The molecule has 0 amide bonds. The average molecular weight is 241 g/mol. The zero-order chi connectivity index (χ0) is 13.0. The second-order valence-electron chi connectivity index (χ2n) is 3.64. The molecule has 0 aliphatic heterocycles. The first-order chi connectivity index (χ1) is 8.72. The van der Waals surface area contributed by atoms with E-state index in [1.54, 1.807) is 0 Å². The average Bonchev–Trinajstić information content (AvgIpc) is 2.88. The number of hydrogen-bond donors (Lipinski definition) is 0. The molecule has 0 aliphatic carbocycles. The van der Waals surface area contributed by atoms with Gasteiger partial charge in [-0.1, -0.05) is 30.3 Å². The predicted octanol–water partition coefficient (Wildman–Crippen LogP) is 2.45. The number of benzene rings is 1. The molecule has 0 aliphatic rings. The predicted molar refractivity (Wildman–Crippen MR) is 64.6 cm³/mol. The van der Waals surface area contributed by atoms with Crippen LogP contribution in [0.1, 0.15) is 6.92 Å². The van der Waals surface area contributed by atoms with E-state index < -0.39 is 12.2 Å². The number of nitriles is 1. The Morgan fingerprint density at radius 1 is 1.44 bits per heavy atom. The topological polar surface area (TPSA) is 67.9 Å². The van der Waals surface area contributed by atoms with Crippen molar-refractivity contribution in [1.29, 1.82) is 5.26 Å². The molecule has 5 nitrogen and oxygen atoms in total. The van der Waals surface area contributed by atoms with Crippen LogP contribution in [0.4, 0.5) is 4.79 Å². The first kappa shape index (κ1) is 11.9. The minimum absolute atomic E-state index is 0.491. The van der Waals surface area contributed by atoms with Crippen molar-refractivity contribution >= 4 is 6.09 Å². The third-order valence-corrected chi connectivity index (χ3v) is 2.33. The molecule has 1 aromatic heterocycles. The van der Waals surface area contributed by atoms with Crippen LogP contribution in [0.15, 0.2) is 42.7 Å². The Labute approximate surface area is 104 Å². The fraction of sp³-hybridized carbons (Fsp3) is 0.154. The summed E-state index contributed by atoms with van der Waals surface area (Å²) in [6.07, 6.45) is 1.62. The van der Waals surface area contributed by atoms with Gasteiger partial charge >= 0.3 is 6.09 Å². The maximum atomic E-state index is 11.8. The molecule has 0 saturated carbocycles. The van der Waals surface area contributed by atoms with Crippen LogP contribution in [0.3, 0.4) is 0 Å². The smallest absolute Gasteiger partial charge is 0.421 e. The van der Waals surface area contributed by atoms with Crippen molar-refractivity contribution in [2.75, 3.05) is 0 Å². The van der Waals surface area contributed by atoms with Crippen molar-refractivity contribution in [3.05, 3.63) is 42.7 Å². The standard InChI is InChI=1S/C13H11N3O2/c1-10(9-14)18-13(17)16-8-7-15-12(16)11-5-3-2-4-6-11/h2-8,10H,1H3. The fourth-order valence-electron chi connectivity index (χ4n) is 1.49. The van der Waals surface area contributed by atoms with Crippen molar-refractivity contribution in [3.63, 3.8) is 0 Å². The van der Waals surface area contributed by atoms with Crippen molar-refractivity contribution in [3.8, 4) is 17.5 Å². The maximum Gasteiger partial charge on any atom is 0.421 e. The van der Waals surface area contributed by atoms with E-state index in [1.807, 2.05) is 36.4 Å². The van der Waals surface area contributed by atoms with Gasteiger partial charge in [0.1, 0.15) is 11.9 Å². The van der Waals surface area contributed by atoms with Crippen LogP contribution in [0.25, 0.3) is 11.4 Å². The van der Waals surface area contributed by atoms with Crippen molar-refractivity contribution in [2.24, 2.45) is 0 Å². The second kappa shape index (κ2) is 5.15. The summed E-state index contributed by atoms with van der Waals surface area (Å²) < 4.78 is 6.21. The molecule has 0 N–H and O–H groups in total. The van der Waals surface area contributed by atoms with Gasteiger partial charge in [0.2, 0.25) is 0 Å². The highest BCUT2D eigenvalue weighted by molar-refractivity contribution is 5.76. The van der Waals surface area contributed by atoms with E-state index in [1.165, 1.54) is 23.9 Å². The minimum atomic E-state index is -0.788. The van der Waals surface area contributed by atoms with Crippen LogP contribution in [0.2, 0.25) is 0 Å². The second-order valence-corrected chi connectivity index (χ2v) is 3.64. The van der Waals surface area contributed by atoms with Gasteiger partial charge in [0.05, 0.1) is 0 Å². The summed E-state index contributed by atoms with van der Waals surface area (Å²) in [6, 6.07) is 11.1. The summed E-state index contributed by atoms with van der Waals surface area (Å²) in [5.74, 6) is 0.491. The van der Waals surface area contributed by atoms with Crippen LogP contribution < -0.4 is 0 Å². The zero-order valence-corrected chi connectivity index (χ0v) is 9.78. The monoisotopic (exact) mass is 241 g/mol. The summed E-state index contributed by atoms with van der Waals surface area (Å²) in [5.41, 5.74) is 0.809. The lowest BCUT2D eigenvalue weighted by atomic mass is 10.2. The Kier molecular flexibility index (Phi) is 3.39. The summed E-state index contributed by atoms with van der Waals surface area (Å²) in [6.45, 7) is 1.51. The number of ether oxygens (including phenoxy) is 1. The van der Waals surface area contributed by atoms with Gasteiger partial charge in [-0.25, -0.2) is 14.3 Å². The molecular formula is C13H11N3O2. The van der Waals surface area contributed by atoms with Crippen LogP contribution in [0.5, 0.6) is 0 Å². The SMILES string of the molecule is CC(C#N)OC(=O)n1ccnc1-c1ccccc1. The van der Waals surface area contributed by atoms with Gasteiger partial charge in [-0.05, 0) is 6.92 Å². The highest BCUT2D eigenvalue weighted by atomic mass is 16.6. The summed E-state index contributed by atoms with van der Waals surface area (Å²) in [7, 11) is 0. The molecule has 1 unspecified atom stereocenters. The van der Waals surface area contributed by atoms with Crippen molar-refractivity contribution < 1.29 is 9.53 Å². The number of imidazole rings is 1. The number of hydrogen-bond acceptors (Lipinski definition) is 4. The molecule has 18 heavy (non-hydrogen) atoms. The van der Waals surface area contributed by atoms with Crippen molar-refractivity contribution in [2.45, 2.75) is 13.0 Å². The molecule has 0 bridgehead atoms. The number of carbonyl (C=O) groups is 1. The summed E-state index contributed by atoms with van der Waals surface area (Å²) in [5, 5.41) is 8.62. The lowest BCUT2D eigenvalue weighted by Gasteiger charge is -2.08. The number of rotatable bonds is 2. The van der Waals surface area contributed by atoms with Gasteiger partial charge in [0, 0.05) is 18.0 Å². The molecule has 2 rings (SSSR count). The van der Waals surface area contributed by atoms with Gasteiger partial charge in [0.15, 0.2) is 6.10 Å². The molecule has 90 valence electrons. The van der Waals surface area contributed by atoms with E-state index in [4.69, 9.17) is 10.00 Å². The van der Waals surface area contributed by atoms with Crippen LogP contribution in [0, 0.1) is 11.3 Å². The molecule has 5 heteroatoms. The largest absolute Gasteiger partial charge is 0.430 e. The Morgan fingerprint density at radius 3 is 2.83 bits per heavy atom. The normalized spacial score (nSPS) is 11.6. The van der Waals surface area contributed by atoms with E-state index in [0.29, 0.717) is 5.82 Å². The zero-order valence-electron chi connectivity index (χ0n) is 9.78. The Bertz CT molecular complexity index is 584. The van der Waals surface area contributed by atoms with Crippen LogP contribution in [-0.4, -0.2) is 21.7 Å². The molecule has 0 fully saturated rings. The maximum absolute atomic E-state index is 11.8. The third-order valence-electron chi connectivity index (χ3n) is 2.33. The van der Waals surface area contributed by atoms with Gasteiger partial charge in [-0.3, -0.25) is 0 Å². The third kappa shape index (κ3) is 2.38. The molecule has 0 saturated heterocycles. The lowest BCUT2D eigenvalue weighted by Crippen LogP contribution is -2.19. The quantitative estimate of drug-likeness (QED) is 0.809. The van der Waals surface area contributed by atoms with E-state index >= 15 is 0 Å². The Balaban J connectivity index is 2.29. The number of carbonyl (C=O) groups excluding carboxylic acids is 1. The minimum Gasteiger partial charge on any atom is -0.430 e. The van der Waals surface area contributed by atoms with Crippen molar-refractivity contribution in [1.82, 2.24) is 9.55 Å². The van der Waals surface area contributed by atoms with Gasteiger partial charge < -0.3 is 4.74 Å². The van der Waals surface area contributed by atoms with Gasteiger partial charge in [-0.2, -0.15) is 5.26 Å². The lowest BCUT2D eigenvalue weighted by molar-refractivity contribution is 0.131. The van der Waals surface area contributed by atoms with E-state index in [2.05, 4.69) is 4.98 Å². The molecule has 1 heterocycles. The van der Waals surface area contributed by atoms with E-state index in [-0.39, 0.29) is 0 Å². The van der Waals surface area contributed by atoms with Crippen LogP contribution in [-0.2, 0) is 4.74 Å².